The van der Waals surface area contributed by atoms with Crippen molar-refractivity contribution < 1.29 is 18.7 Å². The van der Waals surface area contributed by atoms with Crippen LogP contribution in [-0.2, 0) is 6.54 Å². The molecule has 0 bridgehead atoms. The van der Waals surface area contributed by atoms with Crippen molar-refractivity contribution in [2.45, 2.75) is 13.5 Å². The Morgan fingerprint density at radius 1 is 1.25 bits per heavy atom. The molecule has 0 saturated carbocycles. The molecule has 0 aliphatic rings. The average Bonchev–Trinajstić information content (AvgIpc) is 2.89. The van der Waals surface area contributed by atoms with Gasteiger partial charge < -0.3 is 19.2 Å². The average molecular weight is 277 g/mol. The van der Waals surface area contributed by atoms with Crippen molar-refractivity contribution in [2.24, 2.45) is 0 Å². The Morgan fingerprint density at radius 3 is 2.40 bits per heavy atom. The summed E-state index contributed by atoms with van der Waals surface area (Å²) in [6, 6.07) is 5.12. The highest BCUT2D eigenvalue weighted by Gasteiger charge is 2.18. The van der Waals surface area contributed by atoms with E-state index in [1.807, 2.05) is 0 Å². The molecular weight excluding hydrogens is 262 g/mol. The number of rotatable bonds is 5. The number of ether oxygens (including phenoxy) is 2. The van der Waals surface area contributed by atoms with E-state index in [4.69, 9.17) is 13.9 Å². The standard InChI is InChI=1S/C13H15N3O4/c1-8-15-16-11(20-8)7-14-13(17)12-9(18-2)5-4-6-10(12)19-3/h4-6H,7H2,1-3H3,(H,14,17). The summed E-state index contributed by atoms with van der Waals surface area (Å²) in [6.45, 7) is 1.82. The number of amides is 1. The molecule has 7 heteroatoms. The molecular formula is C13H15N3O4. The Morgan fingerprint density at radius 2 is 1.90 bits per heavy atom. The van der Waals surface area contributed by atoms with Crippen LogP contribution in [0.3, 0.4) is 0 Å². The van der Waals surface area contributed by atoms with Gasteiger partial charge in [0, 0.05) is 6.92 Å². The molecule has 1 N–H and O–H groups in total. The molecule has 2 aromatic rings. The second-order valence-electron chi connectivity index (χ2n) is 3.94. The normalized spacial score (nSPS) is 10.2. The minimum absolute atomic E-state index is 0.140. The number of benzene rings is 1. The lowest BCUT2D eigenvalue weighted by Gasteiger charge is -2.12. The molecule has 0 aliphatic carbocycles. The van der Waals surface area contributed by atoms with Crippen LogP contribution in [0, 0.1) is 6.92 Å². The summed E-state index contributed by atoms with van der Waals surface area (Å²) in [6.07, 6.45) is 0. The van der Waals surface area contributed by atoms with Crippen molar-refractivity contribution in [1.29, 1.82) is 0 Å². The van der Waals surface area contributed by atoms with Crippen LogP contribution in [0.1, 0.15) is 22.1 Å². The molecule has 1 amide bonds. The van der Waals surface area contributed by atoms with Gasteiger partial charge in [-0.25, -0.2) is 0 Å². The molecule has 0 unspecified atom stereocenters. The number of methoxy groups -OCH3 is 2. The number of nitrogens with one attached hydrogen (secondary N) is 1. The minimum Gasteiger partial charge on any atom is -0.496 e. The molecule has 106 valence electrons. The zero-order valence-corrected chi connectivity index (χ0v) is 11.5. The van der Waals surface area contributed by atoms with E-state index in [2.05, 4.69) is 15.5 Å². The lowest BCUT2D eigenvalue weighted by Crippen LogP contribution is -2.24. The summed E-state index contributed by atoms with van der Waals surface area (Å²) in [5, 5.41) is 10.2. The first-order valence-corrected chi connectivity index (χ1v) is 5.94. The minimum atomic E-state index is -0.338. The molecule has 0 aliphatic heterocycles. The van der Waals surface area contributed by atoms with Gasteiger partial charge in [-0.05, 0) is 12.1 Å². The molecule has 2 rings (SSSR count). The van der Waals surface area contributed by atoms with Crippen LogP contribution in [0.2, 0.25) is 0 Å². The maximum atomic E-state index is 12.2. The highest BCUT2D eigenvalue weighted by atomic mass is 16.5. The summed E-state index contributed by atoms with van der Waals surface area (Å²) in [5.41, 5.74) is 0.328. The van der Waals surface area contributed by atoms with Crippen LogP contribution >= 0.6 is 0 Å². The molecule has 7 nitrogen and oxygen atoms in total. The fourth-order valence-corrected chi connectivity index (χ4v) is 1.73. The molecule has 0 spiro atoms. The van der Waals surface area contributed by atoms with Gasteiger partial charge in [0.2, 0.25) is 11.8 Å². The number of aryl methyl sites for hydroxylation is 1. The van der Waals surface area contributed by atoms with E-state index in [1.54, 1.807) is 25.1 Å². The van der Waals surface area contributed by atoms with E-state index >= 15 is 0 Å². The van der Waals surface area contributed by atoms with Crippen LogP contribution in [0.5, 0.6) is 11.5 Å². The second kappa shape index (κ2) is 6.05. The van der Waals surface area contributed by atoms with Crippen molar-refractivity contribution in [1.82, 2.24) is 15.5 Å². The third-order valence-electron chi connectivity index (χ3n) is 2.62. The van der Waals surface area contributed by atoms with Crippen molar-refractivity contribution in [3.63, 3.8) is 0 Å². The molecule has 20 heavy (non-hydrogen) atoms. The summed E-state index contributed by atoms with van der Waals surface area (Å²) >= 11 is 0. The maximum Gasteiger partial charge on any atom is 0.259 e. The van der Waals surface area contributed by atoms with Gasteiger partial charge in [-0.3, -0.25) is 4.79 Å². The third-order valence-corrected chi connectivity index (χ3v) is 2.62. The number of carbonyl (C=O) groups is 1. The fourth-order valence-electron chi connectivity index (χ4n) is 1.73. The van der Waals surface area contributed by atoms with E-state index in [-0.39, 0.29) is 12.5 Å². The summed E-state index contributed by atoms with van der Waals surface area (Å²) in [5.74, 6) is 1.32. The Balaban J connectivity index is 2.16. The van der Waals surface area contributed by atoms with E-state index in [9.17, 15) is 4.79 Å². The van der Waals surface area contributed by atoms with Crippen molar-refractivity contribution in [3.05, 3.63) is 35.5 Å². The molecule has 0 radical (unpaired) electrons. The smallest absolute Gasteiger partial charge is 0.259 e. The number of carbonyl (C=O) groups excluding carboxylic acids is 1. The summed E-state index contributed by atoms with van der Waals surface area (Å²) in [7, 11) is 2.99. The van der Waals surface area contributed by atoms with E-state index in [1.165, 1.54) is 14.2 Å². The number of aromatic nitrogens is 2. The van der Waals surface area contributed by atoms with E-state index in [0.717, 1.165) is 0 Å². The molecule has 1 aromatic heterocycles. The SMILES string of the molecule is COc1cccc(OC)c1C(=O)NCc1nnc(C)o1. The van der Waals surface area contributed by atoms with Gasteiger partial charge in [0.15, 0.2) is 0 Å². The quantitative estimate of drug-likeness (QED) is 0.887. The largest absolute Gasteiger partial charge is 0.496 e. The molecule has 0 fully saturated rings. The Bertz CT molecular complexity index is 587. The van der Waals surface area contributed by atoms with E-state index in [0.29, 0.717) is 28.8 Å². The predicted octanol–water partition coefficient (Wildman–Crippen LogP) is 1.33. The maximum absolute atomic E-state index is 12.2. The fraction of sp³-hybridized carbons (Fsp3) is 0.308. The zero-order chi connectivity index (χ0) is 14.5. The number of hydrogen-bond acceptors (Lipinski definition) is 6. The lowest BCUT2D eigenvalue weighted by atomic mass is 10.1. The zero-order valence-electron chi connectivity index (χ0n) is 11.5. The first kappa shape index (κ1) is 13.9. The molecule has 1 heterocycles. The van der Waals surface area contributed by atoms with E-state index < -0.39 is 0 Å². The number of hydrogen-bond donors (Lipinski definition) is 1. The van der Waals surface area contributed by atoms with Crippen LogP contribution in [0.15, 0.2) is 22.6 Å². The Hall–Kier alpha value is -2.57. The predicted molar refractivity (Wildman–Crippen MR) is 69.8 cm³/mol. The van der Waals surface area contributed by atoms with Crippen molar-refractivity contribution >= 4 is 5.91 Å². The van der Waals surface area contributed by atoms with Gasteiger partial charge in [0.25, 0.3) is 5.91 Å². The van der Waals surface area contributed by atoms with Gasteiger partial charge in [-0.1, -0.05) is 6.07 Å². The van der Waals surface area contributed by atoms with Gasteiger partial charge in [-0.15, -0.1) is 10.2 Å². The van der Waals surface area contributed by atoms with Crippen molar-refractivity contribution in [2.75, 3.05) is 14.2 Å². The van der Waals surface area contributed by atoms with Gasteiger partial charge in [-0.2, -0.15) is 0 Å². The molecule has 0 saturated heterocycles. The molecule has 0 atom stereocenters. The lowest BCUT2D eigenvalue weighted by molar-refractivity contribution is 0.0941. The molecule has 1 aromatic carbocycles. The van der Waals surface area contributed by atoms with Gasteiger partial charge in [0.1, 0.15) is 17.1 Å². The van der Waals surface area contributed by atoms with Crippen LogP contribution in [0.25, 0.3) is 0 Å². The Kier molecular flexibility index (Phi) is 4.19. The van der Waals surface area contributed by atoms with Crippen LogP contribution in [0.4, 0.5) is 0 Å². The Labute approximate surface area is 115 Å². The number of nitrogens with zero attached hydrogens (tertiary/aromatic N) is 2. The third kappa shape index (κ3) is 2.87. The topological polar surface area (TPSA) is 86.5 Å². The van der Waals surface area contributed by atoms with Gasteiger partial charge in [0.05, 0.1) is 20.8 Å². The highest BCUT2D eigenvalue weighted by molar-refractivity contribution is 5.99. The first-order valence-electron chi connectivity index (χ1n) is 5.94. The highest BCUT2D eigenvalue weighted by Crippen LogP contribution is 2.27. The van der Waals surface area contributed by atoms with Crippen LogP contribution < -0.4 is 14.8 Å². The summed E-state index contributed by atoms with van der Waals surface area (Å²) < 4.78 is 15.5. The van der Waals surface area contributed by atoms with Gasteiger partial charge >= 0.3 is 0 Å². The first-order chi connectivity index (χ1) is 9.65. The van der Waals surface area contributed by atoms with Crippen LogP contribution in [-0.4, -0.2) is 30.3 Å². The monoisotopic (exact) mass is 277 g/mol. The summed E-state index contributed by atoms with van der Waals surface area (Å²) in [4.78, 5) is 12.2. The second-order valence-corrected chi connectivity index (χ2v) is 3.94. The van der Waals surface area contributed by atoms with Crippen molar-refractivity contribution in [3.8, 4) is 11.5 Å².